The molecule has 0 fully saturated rings. The van der Waals surface area contributed by atoms with Gasteiger partial charge in [0, 0.05) is 25.9 Å². The van der Waals surface area contributed by atoms with E-state index in [2.05, 4.69) is 4.98 Å². The number of hydrogen-bond donors (Lipinski definition) is 1. The molecule has 0 amide bonds. The number of nitrogens with zero attached hydrogens (tertiary/aromatic N) is 4. The van der Waals surface area contributed by atoms with Crippen molar-refractivity contribution in [3.05, 3.63) is 27.9 Å². The van der Waals surface area contributed by atoms with E-state index in [4.69, 9.17) is 11.0 Å². The van der Waals surface area contributed by atoms with Gasteiger partial charge in [-0.05, 0) is 13.0 Å². The predicted molar refractivity (Wildman–Crippen MR) is 62.5 cm³/mol. The first kappa shape index (κ1) is 12.9. The summed E-state index contributed by atoms with van der Waals surface area (Å²) in [7, 11) is 1.71. The lowest BCUT2D eigenvalue weighted by molar-refractivity contribution is -0.384. The van der Waals surface area contributed by atoms with Crippen LogP contribution in [-0.4, -0.2) is 30.0 Å². The predicted octanol–water partition coefficient (Wildman–Crippen LogP) is 0.646. The molecule has 7 nitrogen and oxygen atoms in total. The van der Waals surface area contributed by atoms with Crippen molar-refractivity contribution >= 4 is 11.5 Å². The minimum absolute atomic E-state index is 0.163. The number of rotatable bonds is 5. The van der Waals surface area contributed by atoms with Crippen LogP contribution in [0.25, 0.3) is 0 Å². The van der Waals surface area contributed by atoms with E-state index in [1.807, 2.05) is 6.07 Å². The molecule has 1 aromatic heterocycles. The smallest absolute Gasteiger partial charge is 0.312 e. The summed E-state index contributed by atoms with van der Waals surface area (Å²) in [4.78, 5) is 15.9. The molecule has 0 aromatic carbocycles. The maximum absolute atomic E-state index is 10.9. The topological polar surface area (TPSA) is 109 Å². The van der Waals surface area contributed by atoms with E-state index in [-0.39, 0.29) is 17.1 Å². The zero-order chi connectivity index (χ0) is 12.8. The van der Waals surface area contributed by atoms with E-state index in [9.17, 15) is 10.1 Å². The summed E-state index contributed by atoms with van der Waals surface area (Å²) < 4.78 is 0. The molecule has 7 heteroatoms. The number of nitro groups is 1. The fraction of sp³-hybridized carbons (Fsp3) is 0.400. The van der Waals surface area contributed by atoms with Crippen molar-refractivity contribution < 1.29 is 4.92 Å². The molecule has 1 aromatic rings. The molecule has 0 saturated heterocycles. The summed E-state index contributed by atoms with van der Waals surface area (Å²) in [5.74, 6) is 0.252. The van der Waals surface area contributed by atoms with Crippen LogP contribution in [0.5, 0.6) is 0 Å². The first-order valence-electron chi connectivity index (χ1n) is 5.06. The lowest BCUT2D eigenvalue weighted by Gasteiger charge is -2.17. The second-order valence-corrected chi connectivity index (χ2v) is 3.50. The van der Waals surface area contributed by atoms with E-state index in [1.165, 1.54) is 12.3 Å². The van der Waals surface area contributed by atoms with Gasteiger partial charge < -0.3 is 10.6 Å². The van der Waals surface area contributed by atoms with Gasteiger partial charge in [0.1, 0.15) is 6.07 Å². The van der Waals surface area contributed by atoms with Gasteiger partial charge in [-0.2, -0.15) is 5.26 Å². The first-order chi connectivity index (χ1) is 8.10. The first-order valence-corrected chi connectivity index (χ1v) is 5.06. The van der Waals surface area contributed by atoms with Crippen LogP contribution in [0.3, 0.4) is 0 Å². The number of pyridine rings is 1. The minimum atomic E-state index is -0.540. The third kappa shape index (κ3) is 3.12. The fourth-order valence-corrected chi connectivity index (χ4v) is 1.37. The number of nitriles is 1. The maximum Gasteiger partial charge on any atom is 0.312 e. The van der Waals surface area contributed by atoms with Gasteiger partial charge in [-0.25, -0.2) is 4.98 Å². The van der Waals surface area contributed by atoms with E-state index in [0.717, 1.165) is 6.42 Å². The summed E-state index contributed by atoms with van der Waals surface area (Å²) in [6, 6.07) is 3.05. The van der Waals surface area contributed by atoms with Crippen LogP contribution in [0.2, 0.25) is 0 Å². The molecule has 90 valence electrons. The highest BCUT2D eigenvalue weighted by Gasteiger charge is 2.19. The highest BCUT2D eigenvalue weighted by atomic mass is 16.6. The fourth-order valence-electron chi connectivity index (χ4n) is 1.37. The molecule has 0 aliphatic carbocycles. The summed E-state index contributed by atoms with van der Waals surface area (Å²) in [6.45, 7) is 1.09. The Kier molecular flexibility index (Phi) is 4.37. The van der Waals surface area contributed by atoms with Gasteiger partial charge in [0.05, 0.1) is 10.5 Å². The maximum atomic E-state index is 10.9. The van der Waals surface area contributed by atoms with Crippen LogP contribution in [0, 0.1) is 21.4 Å². The Morgan fingerprint density at radius 2 is 2.41 bits per heavy atom. The molecule has 0 radical (unpaired) electrons. The van der Waals surface area contributed by atoms with Gasteiger partial charge >= 0.3 is 5.69 Å². The molecule has 1 rings (SSSR count). The molecule has 0 saturated carbocycles. The summed E-state index contributed by atoms with van der Waals surface area (Å²) >= 11 is 0. The van der Waals surface area contributed by atoms with Crippen molar-refractivity contribution in [2.45, 2.75) is 6.42 Å². The normalized spacial score (nSPS) is 9.71. The summed E-state index contributed by atoms with van der Waals surface area (Å²) in [6.07, 6.45) is 2.04. The van der Waals surface area contributed by atoms with Crippen LogP contribution >= 0.6 is 0 Å². The van der Waals surface area contributed by atoms with Gasteiger partial charge in [0.2, 0.25) is 5.82 Å². The van der Waals surface area contributed by atoms with E-state index >= 15 is 0 Å². The van der Waals surface area contributed by atoms with Crippen molar-refractivity contribution in [3.63, 3.8) is 0 Å². The standard InChI is InChI=1S/C10H13N5O2/c1-14(4-2-3-11)10-9(15(16)17)5-8(6-12)7-13-10/h5,7H,2-4,11H2,1H3. The minimum Gasteiger partial charge on any atom is -0.354 e. The largest absolute Gasteiger partial charge is 0.354 e. The quantitative estimate of drug-likeness (QED) is 0.592. The summed E-state index contributed by atoms with van der Waals surface area (Å²) in [5.41, 5.74) is 5.38. The van der Waals surface area contributed by atoms with Crippen molar-refractivity contribution in [2.24, 2.45) is 5.73 Å². The van der Waals surface area contributed by atoms with E-state index in [0.29, 0.717) is 13.1 Å². The average molecular weight is 235 g/mol. The van der Waals surface area contributed by atoms with Crippen molar-refractivity contribution in [2.75, 3.05) is 25.0 Å². The second-order valence-electron chi connectivity index (χ2n) is 3.50. The average Bonchev–Trinajstić information content (AvgIpc) is 2.35. The van der Waals surface area contributed by atoms with Gasteiger partial charge in [0.15, 0.2) is 0 Å². The van der Waals surface area contributed by atoms with E-state index < -0.39 is 4.92 Å². The van der Waals surface area contributed by atoms with Gasteiger partial charge in [-0.1, -0.05) is 0 Å². The third-order valence-electron chi connectivity index (χ3n) is 2.23. The molecule has 1 heterocycles. The summed E-state index contributed by atoms with van der Waals surface area (Å²) in [5, 5.41) is 19.5. The molecule has 0 aliphatic heterocycles. The number of anilines is 1. The number of nitrogens with two attached hydrogens (primary N) is 1. The Balaban J connectivity index is 3.06. The van der Waals surface area contributed by atoms with Crippen LogP contribution in [0.4, 0.5) is 11.5 Å². The van der Waals surface area contributed by atoms with E-state index in [1.54, 1.807) is 11.9 Å². The van der Waals surface area contributed by atoms with Gasteiger partial charge in [-0.3, -0.25) is 10.1 Å². The Morgan fingerprint density at radius 3 is 2.94 bits per heavy atom. The molecule has 17 heavy (non-hydrogen) atoms. The molecule has 0 bridgehead atoms. The monoisotopic (exact) mass is 235 g/mol. The van der Waals surface area contributed by atoms with Crippen LogP contribution in [0.15, 0.2) is 12.3 Å². The Hall–Kier alpha value is -2.20. The lowest BCUT2D eigenvalue weighted by Crippen LogP contribution is -2.23. The zero-order valence-electron chi connectivity index (χ0n) is 9.46. The number of aromatic nitrogens is 1. The number of hydrogen-bond acceptors (Lipinski definition) is 6. The molecule has 0 atom stereocenters. The van der Waals surface area contributed by atoms with Gasteiger partial charge in [0.25, 0.3) is 0 Å². The Bertz CT molecular complexity index is 454. The SMILES string of the molecule is CN(CCCN)c1ncc(C#N)cc1[N+](=O)[O-]. The van der Waals surface area contributed by atoms with Crippen LogP contribution in [0.1, 0.15) is 12.0 Å². The van der Waals surface area contributed by atoms with Crippen molar-refractivity contribution in [3.8, 4) is 6.07 Å². The third-order valence-corrected chi connectivity index (χ3v) is 2.23. The molecule has 0 unspecified atom stereocenters. The molecule has 0 spiro atoms. The van der Waals surface area contributed by atoms with Crippen LogP contribution < -0.4 is 10.6 Å². The highest BCUT2D eigenvalue weighted by Crippen LogP contribution is 2.25. The Labute approximate surface area is 98.6 Å². The van der Waals surface area contributed by atoms with Gasteiger partial charge in [-0.15, -0.1) is 0 Å². The Morgan fingerprint density at radius 1 is 1.71 bits per heavy atom. The van der Waals surface area contributed by atoms with Crippen molar-refractivity contribution in [1.29, 1.82) is 5.26 Å². The lowest BCUT2D eigenvalue weighted by atomic mass is 10.2. The molecule has 0 aliphatic rings. The van der Waals surface area contributed by atoms with Crippen LogP contribution in [-0.2, 0) is 0 Å². The molecular formula is C10H13N5O2. The zero-order valence-corrected chi connectivity index (χ0v) is 9.46. The highest BCUT2D eigenvalue weighted by molar-refractivity contribution is 5.59. The second kappa shape index (κ2) is 5.77. The van der Waals surface area contributed by atoms with Crippen molar-refractivity contribution in [1.82, 2.24) is 4.98 Å². The molecule has 2 N–H and O–H groups in total. The molecular weight excluding hydrogens is 222 g/mol.